The lowest BCUT2D eigenvalue weighted by atomic mass is 10.2. The van der Waals surface area contributed by atoms with Crippen LogP contribution >= 0.6 is 34.8 Å². The molecule has 0 saturated heterocycles. The molecule has 1 aromatic rings. The Morgan fingerprint density at radius 2 is 1.71 bits per heavy atom. The predicted molar refractivity (Wildman–Crippen MR) is 78.6 cm³/mol. The van der Waals surface area contributed by atoms with Gasteiger partial charge >= 0.3 is 0 Å². The monoisotopic (exact) mass is 291 g/mol. The van der Waals surface area contributed by atoms with Crippen molar-refractivity contribution in [2.24, 2.45) is 0 Å². The number of benzene rings is 1. The van der Waals surface area contributed by atoms with Crippen LogP contribution in [0.4, 0.5) is 5.69 Å². The van der Waals surface area contributed by atoms with Crippen LogP contribution in [0.15, 0.2) is 24.8 Å². The highest BCUT2D eigenvalue weighted by Crippen LogP contribution is 2.33. The van der Waals surface area contributed by atoms with Crippen LogP contribution in [-0.2, 0) is 0 Å². The molecule has 94 valence electrons. The van der Waals surface area contributed by atoms with Gasteiger partial charge in [-0.05, 0) is 31.4 Å². The summed E-state index contributed by atoms with van der Waals surface area (Å²) in [6.45, 7) is 4.55. The summed E-state index contributed by atoms with van der Waals surface area (Å²) in [5.74, 6) is 0. The summed E-state index contributed by atoms with van der Waals surface area (Å²) in [4.78, 5) is 0. The number of halogens is 3. The van der Waals surface area contributed by atoms with Crippen LogP contribution in [-0.4, -0.2) is 6.54 Å². The van der Waals surface area contributed by atoms with E-state index in [0.29, 0.717) is 15.1 Å². The second-order valence-corrected chi connectivity index (χ2v) is 5.06. The summed E-state index contributed by atoms with van der Waals surface area (Å²) in [5.41, 5.74) is 0.765. The largest absolute Gasteiger partial charge is 0.383 e. The van der Waals surface area contributed by atoms with Crippen molar-refractivity contribution < 1.29 is 0 Å². The molecule has 0 spiro atoms. The molecule has 0 bridgehead atoms. The highest BCUT2D eigenvalue weighted by molar-refractivity contribution is 6.41. The normalized spacial score (nSPS) is 10.3. The summed E-state index contributed by atoms with van der Waals surface area (Å²) in [7, 11) is 0. The maximum Gasteiger partial charge on any atom is 0.0720 e. The molecule has 0 heterocycles. The van der Waals surface area contributed by atoms with Gasteiger partial charge in [0, 0.05) is 11.6 Å². The lowest BCUT2D eigenvalue weighted by molar-refractivity contribution is 0.709. The molecular weight excluding hydrogens is 277 g/mol. The van der Waals surface area contributed by atoms with E-state index in [-0.39, 0.29) is 0 Å². The molecule has 0 saturated carbocycles. The molecule has 1 aromatic carbocycles. The van der Waals surface area contributed by atoms with Crippen LogP contribution in [0.2, 0.25) is 15.1 Å². The zero-order valence-electron chi connectivity index (χ0n) is 9.61. The summed E-state index contributed by atoms with van der Waals surface area (Å²) in [5, 5.41) is 4.92. The Bertz CT molecular complexity index is 354. The summed E-state index contributed by atoms with van der Waals surface area (Å²) in [6, 6.07) is 3.38. The van der Waals surface area contributed by atoms with Crippen LogP contribution in [0.5, 0.6) is 0 Å². The van der Waals surface area contributed by atoms with Crippen molar-refractivity contribution in [3.63, 3.8) is 0 Å². The maximum absolute atomic E-state index is 6.05. The van der Waals surface area contributed by atoms with Crippen LogP contribution in [0, 0.1) is 0 Å². The minimum atomic E-state index is 0.552. The molecule has 17 heavy (non-hydrogen) atoms. The van der Waals surface area contributed by atoms with Gasteiger partial charge < -0.3 is 5.32 Å². The van der Waals surface area contributed by atoms with Crippen LogP contribution < -0.4 is 5.32 Å². The number of rotatable bonds is 7. The molecule has 0 atom stereocenters. The Labute approximate surface area is 118 Å². The van der Waals surface area contributed by atoms with E-state index < -0.39 is 0 Å². The predicted octanol–water partition coefficient (Wildman–Crippen LogP) is 5.81. The molecule has 0 aliphatic rings. The number of hydrogen-bond donors (Lipinski definition) is 1. The zero-order chi connectivity index (χ0) is 12.7. The Kier molecular flexibility index (Phi) is 6.79. The zero-order valence-corrected chi connectivity index (χ0v) is 11.9. The van der Waals surface area contributed by atoms with Crippen LogP contribution in [0.1, 0.15) is 25.7 Å². The van der Waals surface area contributed by atoms with Gasteiger partial charge in [0.2, 0.25) is 0 Å². The molecule has 0 aromatic heterocycles. The second kappa shape index (κ2) is 7.86. The van der Waals surface area contributed by atoms with E-state index in [2.05, 4.69) is 11.9 Å². The fourth-order valence-electron chi connectivity index (χ4n) is 1.51. The van der Waals surface area contributed by atoms with Gasteiger partial charge in [0.1, 0.15) is 0 Å². The molecule has 1 rings (SSSR count). The number of nitrogens with one attached hydrogen (secondary N) is 1. The fraction of sp³-hybridized carbons (Fsp3) is 0.385. The number of hydrogen-bond acceptors (Lipinski definition) is 1. The van der Waals surface area contributed by atoms with E-state index in [0.717, 1.165) is 25.1 Å². The Morgan fingerprint density at radius 1 is 1.06 bits per heavy atom. The van der Waals surface area contributed by atoms with Crippen LogP contribution in [0.25, 0.3) is 0 Å². The highest BCUT2D eigenvalue weighted by atomic mass is 35.5. The molecule has 1 N–H and O–H groups in total. The molecule has 0 fully saturated rings. The Hall–Kier alpha value is -0.370. The van der Waals surface area contributed by atoms with Gasteiger partial charge in [-0.15, -0.1) is 6.58 Å². The first-order chi connectivity index (χ1) is 8.15. The summed E-state index contributed by atoms with van der Waals surface area (Å²) < 4.78 is 0. The Balaban J connectivity index is 2.39. The first-order valence-corrected chi connectivity index (χ1v) is 6.78. The topological polar surface area (TPSA) is 12.0 Å². The fourth-order valence-corrected chi connectivity index (χ4v) is 2.47. The van der Waals surface area contributed by atoms with Gasteiger partial charge in [-0.3, -0.25) is 0 Å². The number of anilines is 1. The average molecular weight is 293 g/mol. The van der Waals surface area contributed by atoms with Crippen molar-refractivity contribution >= 4 is 40.5 Å². The summed E-state index contributed by atoms with van der Waals surface area (Å²) >= 11 is 17.9. The van der Waals surface area contributed by atoms with Crippen molar-refractivity contribution in [3.05, 3.63) is 39.9 Å². The van der Waals surface area contributed by atoms with Crippen molar-refractivity contribution in [3.8, 4) is 0 Å². The third-order valence-electron chi connectivity index (χ3n) is 2.39. The van der Waals surface area contributed by atoms with Gasteiger partial charge in [0.15, 0.2) is 0 Å². The minimum absolute atomic E-state index is 0.552. The van der Waals surface area contributed by atoms with Crippen molar-refractivity contribution in [2.75, 3.05) is 11.9 Å². The highest BCUT2D eigenvalue weighted by Gasteiger charge is 2.06. The third-order valence-corrected chi connectivity index (χ3v) is 3.21. The van der Waals surface area contributed by atoms with Gasteiger partial charge in [-0.2, -0.15) is 0 Å². The smallest absolute Gasteiger partial charge is 0.0720 e. The molecule has 4 heteroatoms. The number of allylic oxidation sites excluding steroid dienone is 1. The third kappa shape index (κ3) is 5.20. The van der Waals surface area contributed by atoms with E-state index >= 15 is 0 Å². The minimum Gasteiger partial charge on any atom is -0.383 e. The van der Waals surface area contributed by atoms with E-state index in [1.807, 2.05) is 6.08 Å². The maximum atomic E-state index is 6.05. The van der Waals surface area contributed by atoms with E-state index in [1.54, 1.807) is 12.1 Å². The van der Waals surface area contributed by atoms with E-state index in [1.165, 1.54) is 12.8 Å². The van der Waals surface area contributed by atoms with Crippen molar-refractivity contribution in [1.29, 1.82) is 0 Å². The molecule has 0 aliphatic heterocycles. The lowest BCUT2D eigenvalue weighted by Crippen LogP contribution is -2.02. The Morgan fingerprint density at radius 3 is 2.29 bits per heavy atom. The molecule has 1 nitrogen and oxygen atoms in total. The molecule has 0 radical (unpaired) electrons. The standard InChI is InChI=1S/C13H16Cl3N/c1-2-3-4-5-6-7-17-13-11(15)8-10(14)9-12(13)16/h2,8-9,17H,1,3-7H2. The first-order valence-electron chi connectivity index (χ1n) is 5.64. The number of unbranched alkanes of at least 4 members (excludes halogenated alkanes) is 3. The van der Waals surface area contributed by atoms with Crippen molar-refractivity contribution in [1.82, 2.24) is 0 Å². The van der Waals surface area contributed by atoms with Crippen molar-refractivity contribution in [2.45, 2.75) is 25.7 Å². The second-order valence-electron chi connectivity index (χ2n) is 3.81. The molecule has 0 unspecified atom stereocenters. The van der Waals surface area contributed by atoms with Gasteiger partial charge in [-0.25, -0.2) is 0 Å². The first kappa shape index (κ1) is 14.7. The SMILES string of the molecule is C=CCCCCCNc1c(Cl)cc(Cl)cc1Cl. The molecular formula is C13H16Cl3N. The molecule has 0 amide bonds. The molecule has 0 aliphatic carbocycles. The lowest BCUT2D eigenvalue weighted by Gasteiger charge is -2.10. The van der Waals surface area contributed by atoms with Crippen LogP contribution in [0.3, 0.4) is 0 Å². The van der Waals surface area contributed by atoms with E-state index in [4.69, 9.17) is 34.8 Å². The van der Waals surface area contributed by atoms with E-state index in [9.17, 15) is 0 Å². The van der Waals surface area contributed by atoms with Gasteiger partial charge in [0.25, 0.3) is 0 Å². The summed E-state index contributed by atoms with van der Waals surface area (Å²) in [6.07, 6.45) is 6.45. The average Bonchev–Trinajstić information content (AvgIpc) is 2.26. The quantitative estimate of drug-likeness (QED) is 0.494. The van der Waals surface area contributed by atoms with Gasteiger partial charge in [-0.1, -0.05) is 47.3 Å². The van der Waals surface area contributed by atoms with Gasteiger partial charge in [0.05, 0.1) is 15.7 Å².